The van der Waals surface area contributed by atoms with E-state index in [1.807, 2.05) is 31.2 Å². The Kier molecular flexibility index (Phi) is 4.14. The zero-order chi connectivity index (χ0) is 19.1. The van der Waals surface area contributed by atoms with E-state index in [0.29, 0.717) is 28.1 Å². The molecule has 0 aliphatic heterocycles. The van der Waals surface area contributed by atoms with E-state index in [-0.39, 0.29) is 17.9 Å². The summed E-state index contributed by atoms with van der Waals surface area (Å²) < 4.78 is 5.24. The Balaban J connectivity index is 1.72. The van der Waals surface area contributed by atoms with Crippen molar-refractivity contribution < 1.29 is 9.32 Å². The van der Waals surface area contributed by atoms with Crippen LogP contribution in [0.15, 0.2) is 34.9 Å². The van der Waals surface area contributed by atoms with Gasteiger partial charge in [-0.1, -0.05) is 31.1 Å². The molecule has 4 aromatic rings. The number of amides is 1. The first-order chi connectivity index (χ1) is 12.9. The van der Waals surface area contributed by atoms with E-state index in [9.17, 15) is 4.79 Å². The van der Waals surface area contributed by atoms with Crippen LogP contribution in [0.2, 0.25) is 0 Å². The first kappa shape index (κ1) is 17.2. The number of benzene rings is 1. The Morgan fingerprint density at radius 1 is 1.19 bits per heavy atom. The summed E-state index contributed by atoms with van der Waals surface area (Å²) >= 11 is 0. The number of aromatic nitrogens is 4. The van der Waals surface area contributed by atoms with E-state index in [1.54, 1.807) is 13.0 Å². The number of aryl methyl sites for hydroxylation is 2. The zero-order valence-electron chi connectivity index (χ0n) is 15.7. The fourth-order valence-electron chi connectivity index (χ4n) is 3.29. The molecule has 7 nitrogen and oxygen atoms in total. The number of nitrogens with zero attached hydrogens (tertiary/aromatic N) is 3. The second kappa shape index (κ2) is 6.50. The highest BCUT2D eigenvalue weighted by molar-refractivity contribution is 6.06. The van der Waals surface area contributed by atoms with Gasteiger partial charge in [0.2, 0.25) is 0 Å². The average molecular weight is 363 g/mol. The van der Waals surface area contributed by atoms with Gasteiger partial charge in [-0.05, 0) is 38.0 Å². The number of imidazole rings is 1. The minimum absolute atomic E-state index is 0.150. The number of para-hydroxylation sites is 2. The summed E-state index contributed by atoms with van der Waals surface area (Å²) in [4.78, 5) is 25.4. The standard InChI is InChI=1S/C20H21N5O2/c1-10(2)17(18-22-14-7-5-6-8-15(14)23-18)24-19(26)13-9-11(3)21-20-16(13)12(4)25-27-20/h5-10,17H,1-4H3,(H,22,23)(H,24,26). The summed E-state index contributed by atoms with van der Waals surface area (Å²) in [7, 11) is 0. The lowest BCUT2D eigenvalue weighted by Crippen LogP contribution is -2.32. The van der Waals surface area contributed by atoms with Gasteiger partial charge in [-0.2, -0.15) is 0 Å². The maximum atomic E-state index is 13.1. The van der Waals surface area contributed by atoms with Crippen LogP contribution < -0.4 is 5.32 Å². The van der Waals surface area contributed by atoms with Crippen molar-refractivity contribution in [3.05, 3.63) is 53.1 Å². The molecule has 0 radical (unpaired) electrons. The number of H-pyrrole nitrogens is 1. The molecule has 2 N–H and O–H groups in total. The van der Waals surface area contributed by atoms with Gasteiger partial charge in [0.15, 0.2) is 0 Å². The third-order valence-corrected chi connectivity index (χ3v) is 4.65. The van der Waals surface area contributed by atoms with Crippen molar-refractivity contribution >= 4 is 28.0 Å². The van der Waals surface area contributed by atoms with Crippen LogP contribution in [-0.4, -0.2) is 26.0 Å². The van der Waals surface area contributed by atoms with Gasteiger partial charge in [0.25, 0.3) is 11.6 Å². The predicted octanol–water partition coefficient (Wildman–Crippen LogP) is 3.84. The molecule has 0 saturated carbocycles. The van der Waals surface area contributed by atoms with Crippen LogP contribution in [-0.2, 0) is 0 Å². The number of carbonyl (C=O) groups excluding carboxylic acids is 1. The highest BCUT2D eigenvalue weighted by atomic mass is 16.5. The molecule has 0 aliphatic carbocycles. The molecule has 1 atom stereocenters. The molecule has 27 heavy (non-hydrogen) atoms. The lowest BCUT2D eigenvalue weighted by molar-refractivity contribution is 0.0925. The number of hydrogen-bond donors (Lipinski definition) is 2. The summed E-state index contributed by atoms with van der Waals surface area (Å²) in [6.07, 6.45) is 0. The van der Waals surface area contributed by atoms with Gasteiger partial charge in [-0.25, -0.2) is 9.97 Å². The van der Waals surface area contributed by atoms with Gasteiger partial charge in [0.1, 0.15) is 5.82 Å². The fraction of sp³-hybridized carbons (Fsp3) is 0.300. The largest absolute Gasteiger partial charge is 0.342 e. The fourth-order valence-corrected chi connectivity index (χ4v) is 3.29. The third-order valence-electron chi connectivity index (χ3n) is 4.65. The molecule has 1 unspecified atom stereocenters. The molecular formula is C20H21N5O2. The molecule has 3 aromatic heterocycles. The summed E-state index contributed by atoms with van der Waals surface area (Å²) in [5.74, 6) is 0.691. The average Bonchev–Trinajstić information content (AvgIpc) is 3.22. The minimum Gasteiger partial charge on any atom is -0.342 e. The molecule has 1 amide bonds. The van der Waals surface area contributed by atoms with E-state index in [4.69, 9.17) is 4.52 Å². The minimum atomic E-state index is -0.256. The van der Waals surface area contributed by atoms with Crippen LogP contribution in [0, 0.1) is 19.8 Å². The number of hydrogen-bond acceptors (Lipinski definition) is 5. The molecule has 138 valence electrons. The molecular weight excluding hydrogens is 342 g/mol. The van der Waals surface area contributed by atoms with Crippen molar-refractivity contribution in [1.82, 2.24) is 25.4 Å². The third kappa shape index (κ3) is 3.05. The first-order valence-corrected chi connectivity index (χ1v) is 8.93. The van der Waals surface area contributed by atoms with Gasteiger partial charge in [-0.15, -0.1) is 0 Å². The monoisotopic (exact) mass is 363 g/mol. The van der Waals surface area contributed by atoms with Gasteiger partial charge in [-0.3, -0.25) is 4.79 Å². The maximum absolute atomic E-state index is 13.1. The summed E-state index contributed by atoms with van der Waals surface area (Å²) in [5, 5.41) is 7.71. The summed E-state index contributed by atoms with van der Waals surface area (Å²) in [6, 6.07) is 9.33. The molecule has 1 aromatic carbocycles. The molecule has 0 spiro atoms. The van der Waals surface area contributed by atoms with Crippen molar-refractivity contribution in [3.63, 3.8) is 0 Å². The Bertz CT molecular complexity index is 1110. The number of rotatable bonds is 4. The normalized spacial score (nSPS) is 12.8. The van der Waals surface area contributed by atoms with Gasteiger partial charge < -0.3 is 14.8 Å². The van der Waals surface area contributed by atoms with Crippen LogP contribution in [0.3, 0.4) is 0 Å². The van der Waals surface area contributed by atoms with Crippen molar-refractivity contribution in [2.75, 3.05) is 0 Å². The molecule has 4 rings (SSSR count). The number of carbonyl (C=O) groups is 1. The van der Waals surface area contributed by atoms with Crippen molar-refractivity contribution in [3.8, 4) is 0 Å². The topological polar surface area (TPSA) is 96.7 Å². The molecule has 0 bridgehead atoms. The van der Waals surface area contributed by atoms with E-state index >= 15 is 0 Å². The predicted molar refractivity (Wildman–Crippen MR) is 102 cm³/mol. The van der Waals surface area contributed by atoms with Crippen molar-refractivity contribution in [2.45, 2.75) is 33.7 Å². The van der Waals surface area contributed by atoms with Gasteiger partial charge in [0.05, 0.1) is 33.7 Å². The van der Waals surface area contributed by atoms with Gasteiger partial charge in [0, 0.05) is 5.69 Å². The zero-order valence-corrected chi connectivity index (χ0v) is 15.7. The van der Waals surface area contributed by atoms with Crippen LogP contribution in [0.5, 0.6) is 0 Å². The highest BCUT2D eigenvalue weighted by Gasteiger charge is 2.25. The lowest BCUT2D eigenvalue weighted by atomic mass is 10.0. The maximum Gasteiger partial charge on any atom is 0.258 e. The van der Waals surface area contributed by atoms with Crippen LogP contribution in [0.25, 0.3) is 22.1 Å². The molecule has 3 heterocycles. The number of fused-ring (bicyclic) bond motifs is 2. The summed E-state index contributed by atoms with van der Waals surface area (Å²) in [5.41, 5.74) is 4.07. The van der Waals surface area contributed by atoms with E-state index in [0.717, 1.165) is 16.9 Å². The van der Waals surface area contributed by atoms with E-state index in [1.165, 1.54) is 0 Å². The molecule has 7 heteroatoms. The SMILES string of the molecule is Cc1cc(C(=O)NC(c2nc3ccccc3[nH]2)C(C)C)c2c(C)noc2n1. The molecule has 0 fully saturated rings. The van der Waals surface area contributed by atoms with Crippen LogP contribution >= 0.6 is 0 Å². The Morgan fingerprint density at radius 3 is 2.70 bits per heavy atom. The highest BCUT2D eigenvalue weighted by Crippen LogP contribution is 2.25. The number of aromatic amines is 1. The first-order valence-electron chi connectivity index (χ1n) is 8.93. The van der Waals surface area contributed by atoms with Crippen molar-refractivity contribution in [2.24, 2.45) is 5.92 Å². The smallest absolute Gasteiger partial charge is 0.258 e. The van der Waals surface area contributed by atoms with Crippen LogP contribution in [0.4, 0.5) is 0 Å². The summed E-state index contributed by atoms with van der Waals surface area (Å²) in [6.45, 7) is 7.73. The van der Waals surface area contributed by atoms with Crippen LogP contribution in [0.1, 0.15) is 47.5 Å². The van der Waals surface area contributed by atoms with E-state index < -0.39 is 0 Å². The Morgan fingerprint density at radius 2 is 1.96 bits per heavy atom. The number of pyridine rings is 1. The lowest BCUT2D eigenvalue weighted by Gasteiger charge is -2.20. The quantitative estimate of drug-likeness (QED) is 0.574. The second-order valence-corrected chi connectivity index (χ2v) is 7.09. The van der Waals surface area contributed by atoms with Crippen molar-refractivity contribution in [1.29, 1.82) is 0 Å². The van der Waals surface area contributed by atoms with Gasteiger partial charge >= 0.3 is 0 Å². The Hall–Kier alpha value is -3.22. The van der Waals surface area contributed by atoms with E-state index in [2.05, 4.69) is 39.3 Å². The second-order valence-electron chi connectivity index (χ2n) is 7.09. The number of nitrogens with one attached hydrogen (secondary N) is 2. The molecule has 0 aliphatic rings. The Labute approximate surface area is 156 Å². The molecule has 0 saturated heterocycles.